The Morgan fingerprint density at radius 3 is 2.62 bits per heavy atom. The molecule has 0 spiro atoms. The van der Waals surface area contributed by atoms with Crippen molar-refractivity contribution in [1.82, 2.24) is 5.43 Å². The second-order valence-electron chi connectivity index (χ2n) is 6.74. The molecule has 0 aromatic heterocycles. The van der Waals surface area contributed by atoms with E-state index in [4.69, 9.17) is 21.1 Å². The summed E-state index contributed by atoms with van der Waals surface area (Å²) in [6.45, 7) is 2.73. The smallest absolute Gasteiger partial charge is 0.244 e. The van der Waals surface area contributed by atoms with Crippen LogP contribution >= 0.6 is 50.1 Å². The van der Waals surface area contributed by atoms with Gasteiger partial charge < -0.3 is 9.47 Å². The summed E-state index contributed by atoms with van der Waals surface area (Å²) in [4.78, 5) is 12.1. The number of ether oxygens (including phenoxy) is 2. The number of carbonyl (C=O) groups is 1. The molecule has 0 atom stereocenters. The average Bonchev–Trinajstić information content (AvgIpc) is 2.76. The number of halogens is 3. The summed E-state index contributed by atoms with van der Waals surface area (Å²) in [6.07, 6.45) is 1.84. The summed E-state index contributed by atoms with van der Waals surface area (Å²) in [6, 6.07) is 18.9. The van der Waals surface area contributed by atoms with E-state index in [9.17, 15) is 4.79 Å². The Balaban J connectivity index is 1.67. The monoisotopic (exact) mass is 626 g/mol. The number of hydrogen-bond donors (Lipinski definition) is 1. The van der Waals surface area contributed by atoms with Crippen LogP contribution < -0.4 is 14.9 Å². The van der Waals surface area contributed by atoms with E-state index < -0.39 is 0 Å². The number of carbonyl (C=O) groups excluding carboxylic acids is 1. The fourth-order valence-corrected chi connectivity index (χ4v) is 4.07. The third kappa shape index (κ3) is 7.21. The summed E-state index contributed by atoms with van der Waals surface area (Å²) in [5.74, 6) is 1.06. The zero-order valence-electron chi connectivity index (χ0n) is 17.3. The number of nitrogens with zero attached hydrogens (tertiary/aromatic N) is 1. The van der Waals surface area contributed by atoms with E-state index in [-0.39, 0.29) is 12.3 Å². The maximum atomic E-state index is 12.1. The Labute approximate surface area is 214 Å². The van der Waals surface area contributed by atoms with Gasteiger partial charge in [-0.15, -0.1) is 0 Å². The number of amides is 1. The second-order valence-corrected chi connectivity index (χ2v) is 9.22. The number of hydrazone groups is 1. The molecule has 0 unspecified atom stereocenters. The number of rotatable bonds is 9. The van der Waals surface area contributed by atoms with E-state index >= 15 is 0 Å². The standard InChI is InChI=1S/C24H21BrClIN2O3/c1-2-31-22-12-17(14-28-29-23(30)13-16-7-9-19(25)10-8-16)11-21(27)24(22)32-15-18-5-3-4-6-20(18)26/h3-12,14H,2,13,15H2,1H3,(H,29,30)/b28-14-. The fourth-order valence-electron chi connectivity index (χ4n) is 2.84. The molecule has 0 aliphatic heterocycles. The number of nitrogens with one attached hydrogen (secondary N) is 1. The highest BCUT2D eigenvalue weighted by Gasteiger charge is 2.13. The molecule has 1 N–H and O–H groups in total. The van der Waals surface area contributed by atoms with Crippen molar-refractivity contribution in [2.75, 3.05) is 6.61 Å². The maximum absolute atomic E-state index is 12.1. The van der Waals surface area contributed by atoms with Gasteiger partial charge in [-0.2, -0.15) is 5.10 Å². The molecule has 0 saturated carbocycles. The topological polar surface area (TPSA) is 59.9 Å². The molecule has 166 valence electrons. The molecule has 3 aromatic carbocycles. The zero-order valence-corrected chi connectivity index (χ0v) is 21.8. The predicted molar refractivity (Wildman–Crippen MR) is 140 cm³/mol. The molecule has 0 bridgehead atoms. The van der Waals surface area contributed by atoms with Crippen molar-refractivity contribution in [3.8, 4) is 11.5 Å². The van der Waals surface area contributed by atoms with E-state index in [1.165, 1.54) is 0 Å². The van der Waals surface area contributed by atoms with Gasteiger partial charge in [0.2, 0.25) is 5.91 Å². The minimum Gasteiger partial charge on any atom is -0.490 e. The average molecular weight is 628 g/mol. The molecule has 1 amide bonds. The molecule has 3 rings (SSSR count). The molecular weight excluding hydrogens is 607 g/mol. The van der Waals surface area contributed by atoms with Crippen LogP contribution in [0.1, 0.15) is 23.6 Å². The molecule has 0 heterocycles. The Kier molecular flexibility index (Phi) is 9.37. The number of benzene rings is 3. The van der Waals surface area contributed by atoms with E-state index in [2.05, 4.69) is 49.0 Å². The lowest BCUT2D eigenvalue weighted by molar-refractivity contribution is -0.120. The molecule has 0 aliphatic carbocycles. The third-order valence-corrected chi connectivity index (χ3v) is 6.04. The summed E-state index contributed by atoms with van der Waals surface area (Å²) in [5.41, 5.74) is 5.15. The molecule has 0 fully saturated rings. The van der Waals surface area contributed by atoms with Crippen LogP contribution in [0.5, 0.6) is 11.5 Å². The molecule has 3 aromatic rings. The zero-order chi connectivity index (χ0) is 22.9. The molecular formula is C24H21BrClIN2O3. The van der Waals surface area contributed by atoms with Gasteiger partial charge in [-0.05, 0) is 71.0 Å². The van der Waals surface area contributed by atoms with E-state index in [1.54, 1.807) is 6.21 Å². The van der Waals surface area contributed by atoms with Gasteiger partial charge in [0.15, 0.2) is 11.5 Å². The summed E-state index contributed by atoms with van der Waals surface area (Å²) in [5, 5.41) is 4.74. The van der Waals surface area contributed by atoms with Gasteiger partial charge in [0, 0.05) is 15.1 Å². The Bertz CT molecular complexity index is 1110. The minimum absolute atomic E-state index is 0.192. The van der Waals surface area contributed by atoms with E-state index in [1.807, 2.05) is 67.6 Å². The molecule has 0 radical (unpaired) electrons. The number of hydrogen-bond acceptors (Lipinski definition) is 4. The lowest BCUT2D eigenvalue weighted by Crippen LogP contribution is -2.19. The lowest BCUT2D eigenvalue weighted by Gasteiger charge is -2.15. The second kappa shape index (κ2) is 12.2. The first-order valence-corrected chi connectivity index (χ1v) is 12.1. The largest absolute Gasteiger partial charge is 0.490 e. The van der Waals surface area contributed by atoms with Crippen molar-refractivity contribution in [2.45, 2.75) is 20.0 Å². The van der Waals surface area contributed by atoms with Crippen molar-refractivity contribution < 1.29 is 14.3 Å². The van der Waals surface area contributed by atoms with Gasteiger partial charge in [-0.25, -0.2) is 5.43 Å². The SMILES string of the molecule is CCOc1cc(/C=N\NC(=O)Cc2ccc(Br)cc2)cc(I)c1OCc1ccccc1Cl. The van der Waals surface area contributed by atoms with Gasteiger partial charge in [0.1, 0.15) is 6.61 Å². The molecule has 0 aliphatic rings. The highest BCUT2D eigenvalue weighted by molar-refractivity contribution is 14.1. The first-order chi connectivity index (χ1) is 15.5. The van der Waals surface area contributed by atoms with E-state index in [0.717, 1.165) is 24.7 Å². The van der Waals surface area contributed by atoms with Crippen molar-refractivity contribution in [1.29, 1.82) is 0 Å². The third-order valence-electron chi connectivity index (χ3n) is 4.34. The van der Waals surface area contributed by atoms with Crippen molar-refractivity contribution in [3.05, 3.63) is 90.4 Å². The van der Waals surface area contributed by atoms with Gasteiger partial charge in [-0.3, -0.25) is 4.79 Å². The molecule has 8 heteroatoms. The molecule has 5 nitrogen and oxygen atoms in total. The van der Waals surface area contributed by atoms with Crippen molar-refractivity contribution in [3.63, 3.8) is 0 Å². The minimum atomic E-state index is -0.192. The quantitative estimate of drug-likeness (QED) is 0.170. The Morgan fingerprint density at radius 1 is 1.16 bits per heavy atom. The van der Waals surface area contributed by atoms with Crippen molar-refractivity contribution >= 4 is 62.2 Å². The molecule has 0 saturated heterocycles. The predicted octanol–water partition coefficient (Wildman–Crippen LogP) is 6.38. The van der Waals surface area contributed by atoms with Gasteiger partial charge in [0.25, 0.3) is 0 Å². The van der Waals surface area contributed by atoms with Crippen LogP contribution in [0.25, 0.3) is 0 Å². The summed E-state index contributed by atoms with van der Waals surface area (Å²) >= 11 is 11.8. The van der Waals surface area contributed by atoms with E-state index in [0.29, 0.717) is 29.7 Å². The van der Waals surface area contributed by atoms with Crippen LogP contribution in [0, 0.1) is 3.57 Å². The van der Waals surface area contributed by atoms with Crippen LogP contribution in [0.15, 0.2) is 70.2 Å². The summed E-state index contributed by atoms with van der Waals surface area (Å²) < 4.78 is 13.6. The normalized spacial score (nSPS) is 10.9. The van der Waals surface area contributed by atoms with Crippen LogP contribution in [0.3, 0.4) is 0 Å². The van der Waals surface area contributed by atoms with Crippen LogP contribution in [-0.2, 0) is 17.8 Å². The molecule has 32 heavy (non-hydrogen) atoms. The van der Waals surface area contributed by atoms with Gasteiger partial charge in [-0.1, -0.05) is 57.9 Å². The Morgan fingerprint density at radius 2 is 1.91 bits per heavy atom. The summed E-state index contributed by atoms with van der Waals surface area (Å²) in [7, 11) is 0. The first-order valence-electron chi connectivity index (χ1n) is 9.85. The van der Waals surface area contributed by atoms with Crippen LogP contribution in [0.4, 0.5) is 0 Å². The van der Waals surface area contributed by atoms with Gasteiger partial charge >= 0.3 is 0 Å². The van der Waals surface area contributed by atoms with Crippen molar-refractivity contribution in [2.24, 2.45) is 5.10 Å². The van der Waals surface area contributed by atoms with Crippen LogP contribution in [-0.4, -0.2) is 18.7 Å². The first kappa shape index (κ1) is 24.5. The Hall–Kier alpha value is -2.10. The maximum Gasteiger partial charge on any atom is 0.244 e. The highest BCUT2D eigenvalue weighted by atomic mass is 127. The van der Waals surface area contributed by atoms with Gasteiger partial charge in [0.05, 0.1) is 22.8 Å². The lowest BCUT2D eigenvalue weighted by atomic mass is 10.1. The fraction of sp³-hybridized carbons (Fsp3) is 0.167. The van der Waals surface area contributed by atoms with Crippen LogP contribution in [0.2, 0.25) is 5.02 Å². The highest BCUT2D eigenvalue weighted by Crippen LogP contribution is 2.35.